The van der Waals surface area contributed by atoms with Gasteiger partial charge in [0.15, 0.2) is 0 Å². The molecule has 0 saturated carbocycles. The van der Waals surface area contributed by atoms with Gasteiger partial charge in [0.25, 0.3) is 0 Å². The Morgan fingerprint density at radius 3 is 2.33 bits per heavy atom. The zero-order valence-corrected chi connectivity index (χ0v) is 18.7. The van der Waals surface area contributed by atoms with E-state index in [1.165, 1.54) is 14.8 Å². The van der Waals surface area contributed by atoms with Crippen LogP contribution >= 0.6 is 22.6 Å². The molecule has 2 aromatic rings. The molecule has 1 N–H and O–H groups in total. The molecule has 0 bridgehead atoms. The van der Waals surface area contributed by atoms with Gasteiger partial charge in [-0.2, -0.15) is 0 Å². The van der Waals surface area contributed by atoms with Crippen LogP contribution in [0, 0.1) is 3.57 Å². The lowest BCUT2D eigenvalue weighted by Gasteiger charge is -2.48. The van der Waals surface area contributed by atoms with E-state index in [-0.39, 0.29) is 10.8 Å². The molecule has 0 fully saturated rings. The summed E-state index contributed by atoms with van der Waals surface area (Å²) in [4.78, 5) is 7.11. The molecule has 0 atom stereocenters. The van der Waals surface area contributed by atoms with Crippen molar-refractivity contribution in [1.29, 1.82) is 0 Å². The van der Waals surface area contributed by atoms with Crippen molar-refractivity contribution in [3.8, 4) is 5.75 Å². The monoisotopic (exact) mass is 474 g/mol. The number of anilines is 1. The van der Waals surface area contributed by atoms with Gasteiger partial charge < -0.3 is 10.0 Å². The fraction of sp³-hybridized carbons (Fsp3) is 0.435. The fourth-order valence-electron chi connectivity index (χ4n) is 4.36. The molecule has 0 aliphatic carbocycles. The molecule has 3 nitrogen and oxygen atoms in total. The Kier molecular flexibility index (Phi) is 4.53. The van der Waals surface area contributed by atoms with Gasteiger partial charge in [0.05, 0.1) is 5.69 Å². The molecule has 0 unspecified atom stereocenters. The van der Waals surface area contributed by atoms with Gasteiger partial charge in [0, 0.05) is 39.7 Å². The van der Waals surface area contributed by atoms with Crippen molar-refractivity contribution in [3.05, 3.63) is 50.6 Å². The van der Waals surface area contributed by atoms with Crippen LogP contribution < -0.4 is 4.90 Å². The van der Waals surface area contributed by atoms with Gasteiger partial charge in [-0.15, -0.1) is 0 Å². The van der Waals surface area contributed by atoms with Crippen LogP contribution in [0.25, 0.3) is 0 Å². The number of hydrogen-bond acceptors (Lipinski definition) is 3. The molecular weight excluding hydrogens is 447 g/mol. The van der Waals surface area contributed by atoms with E-state index in [0.29, 0.717) is 5.75 Å². The zero-order chi connectivity index (χ0) is 19.4. The third-order valence-corrected chi connectivity index (χ3v) is 6.94. The van der Waals surface area contributed by atoms with Crippen molar-refractivity contribution in [2.75, 3.05) is 18.0 Å². The normalized spacial score (nSPS) is 20.0. The van der Waals surface area contributed by atoms with Gasteiger partial charge in [-0.1, -0.05) is 27.7 Å². The minimum absolute atomic E-state index is 0.0369. The Morgan fingerprint density at radius 2 is 1.67 bits per heavy atom. The molecule has 0 spiro atoms. The van der Waals surface area contributed by atoms with Gasteiger partial charge in [-0.05, 0) is 82.2 Å². The minimum Gasteiger partial charge on any atom is -0.507 e. The number of phenolic OH excluding ortho intramolecular Hbond substituents is 1. The largest absolute Gasteiger partial charge is 0.507 e. The van der Waals surface area contributed by atoms with Gasteiger partial charge in [-0.3, -0.25) is 4.99 Å². The first-order valence-electron chi connectivity index (χ1n) is 9.64. The number of benzene rings is 2. The van der Waals surface area contributed by atoms with Crippen molar-refractivity contribution in [2.45, 2.75) is 51.4 Å². The second kappa shape index (κ2) is 6.50. The van der Waals surface area contributed by atoms with Crippen molar-refractivity contribution in [1.82, 2.24) is 0 Å². The summed E-state index contributed by atoms with van der Waals surface area (Å²) in [5.74, 6) is 0.399. The molecule has 0 saturated heterocycles. The molecule has 4 rings (SSSR count). The summed E-state index contributed by atoms with van der Waals surface area (Å²) in [5, 5.41) is 11.2. The van der Waals surface area contributed by atoms with E-state index in [4.69, 9.17) is 0 Å². The number of rotatable bonds is 2. The van der Waals surface area contributed by atoms with Crippen LogP contribution in [0.5, 0.6) is 5.75 Å². The predicted molar refractivity (Wildman–Crippen MR) is 122 cm³/mol. The molecule has 4 heteroatoms. The Balaban J connectivity index is 1.88. The standard InChI is InChI=1S/C23H27IN2O/c1-22(2)9-11-26-12-10-23(3,4)19-20(26)18(22)13-15(21(19)27)14-25-17-7-5-16(24)6-8-17/h5-8,13-14,27H,9-12H2,1-4H3. The lowest BCUT2D eigenvalue weighted by Crippen LogP contribution is -2.44. The first-order valence-corrected chi connectivity index (χ1v) is 10.7. The molecule has 142 valence electrons. The molecule has 2 aliphatic heterocycles. The quantitative estimate of drug-likeness (QED) is 0.434. The van der Waals surface area contributed by atoms with E-state index in [1.807, 2.05) is 30.5 Å². The van der Waals surface area contributed by atoms with Crippen LogP contribution in [0.4, 0.5) is 11.4 Å². The minimum atomic E-state index is -0.0369. The van der Waals surface area contributed by atoms with Crippen molar-refractivity contribution < 1.29 is 5.11 Å². The van der Waals surface area contributed by atoms with Crippen LogP contribution in [-0.2, 0) is 10.8 Å². The average Bonchev–Trinajstić information content (AvgIpc) is 2.60. The number of hydrogen-bond donors (Lipinski definition) is 1. The SMILES string of the molecule is CC1(C)CCN2CCC(C)(C)c3c(O)c(C=Nc4ccc(I)cc4)cc1c32. The van der Waals surface area contributed by atoms with E-state index in [2.05, 4.69) is 66.2 Å². The topological polar surface area (TPSA) is 35.8 Å². The average molecular weight is 474 g/mol. The third kappa shape index (κ3) is 3.26. The van der Waals surface area contributed by atoms with Crippen LogP contribution in [0.1, 0.15) is 57.2 Å². The Hall–Kier alpha value is -1.56. The van der Waals surface area contributed by atoms with Gasteiger partial charge in [-0.25, -0.2) is 0 Å². The zero-order valence-electron chi connectivity index (χ0n) is 16.5. The summed E-state index contributed by atoms with van der Waals surface area (Å²) in [6.45, 7) is 11.3. The first kappa shape index (κ1) is 18.8. The Bertz CT molecular complexity index is 911. The number of aliphatic imine (C=N–C) groups is 1. The lowest BCUT2D eigenvalue weighted by molar-refractivity contribution is 0.378. The van der Waals surface area contributed by atoms with Crippen LogP contribution in [0.2, 0.25) is 0 Å². The van der Waals surface area contributed by atoms with Crippen molar-refractivity contribution in [2.24, 2.45) is 4.99 Å². The summed E-state index contributed by atoms with van der Waals surface area (Å²) in [6.07, 6.45) is 4.03. The summed E-state index contributed by atoms with van der Waals surface area (Å²) in [7, 11) is 0. The highest BCUT2D eigenvalue weighted by Gasteiger charge is 2.42. The van der Waals surface area contributed by atoms with E-state index >= 15 is 0 Å². The fourth-order valence-corrected chi connectivity index (χ4v) is 4.72. The number of phenols is 1. The highest BCUT2D eigenvalue weighted by Crippen LogP contribution is 2.52. The second-order valence-electron chi connectivity index (χ2n) is 9.07. The smallest absolute Gasteiger partial charge is 0.130 e. The van der Waals surface area contributed by atoms with E-state index in [1.54, 1.807) is 0 Å². The summed E-state index contributed by atoms with van der Waals surface area (Å²) in [6, 6.07) is 10.3. The molecule has 0 amide bonds. The molecule has 0 radical (unpaired) electrons. The number of nitrogens with zero attached hydrogens (tertiary/aromatic N) is 2. The molecule has 2 aromatic carbocycles. The van der Waals surface area contributed by atoms with Crippen molar-refractivity contribution in [3.63, 3.8) is 0 Å². The predicted octanol–water partition coefficient (Wildman–Crippen LogP) is 5.92. The highest BCUT2D eigenvalue weighted by atomic mass is 127. The molecule has 0 aromatic heterocycles. The van der Waals surface area contributed by atoms with Gasteiger partial charge >= 0.3 is 0 Å². The maximum atomic E-state index is 11.2. The third-order valence-electron chi connectivity index (χ3n) is 6.22. The molecule has 2 heterocycles. The summed E-state index contributed by atoms with van der Waals surface area (Å²) in [5.41, 5.74) is 5.51. The maximum absolute atomic E-state index is 11.2. The van der Waals surface area contributed by atoms with Crippen LogP contribution in [0.15, 0.2) is 35.3 Å². The van der Waals surface area contributed by atoms with Crippen LogP contribution in [0.3, 0.4) is 0 Å². The van der Waals surface area contributed by atoms with Crippen LogP contribution in [-0.4, -0.2) is 24.4 Å². The van der Waals surface area contributed by atoms with Gasteiger partial charge in [0.2, 0.25) is 0 Å². The molecular formula is C23H27IN2O. The van der Waals surface area contributed by atoms with E-state index in [9.17, 15) is 5.11 Å². The first-order chi connectivity index (χ1) is 12.7. The number of aromatic hydroxyl groups is 1. The lowest BCUT2D eigenvalue weighted by atomic mass is 9.69. The Morgan fingerprint density at radius 1 is 1.04 bits per heavy atom. The van der Waals surface area contributed by atoms with E-state index in [0.717, 1.165) is 42.7 Å². The summed E-state index contributed by atoms with van der Waals surface area (Å²) < 4.78 is 1.19. The highest BCUT2D eigenvalue weighted by molar-refractivity contribution is 14.1. The Labute approximate surface area is 175 Å². The molecule has 2 aliphatic rings. The number of halogens is 1. The second-order valence-corrected chi connectivity index (χ2v) is 10.3. The molecule has 27 heavy (non-hydrogen) atoms. The van der Waals surface area contributed by atoms with Crippen molar-refractivity contribution >= 4 is 40.2 Å². The van der Waals surface area contributed by atoms with Gasteiger partial charge in [0.1, 0.15) is 5.75 Å². The summed E-state index contributed by atoms with van der Waals surface area (Å²) >= 11 is 2.29. The van der Waals surface area contributed by atoms with E-state index < -0.39 is 0 Å². The maximum Gasteiger partial charge on any atom is 0.130 e.